The summed E-state index contributed by atoms with van der Waals surface area (Å²) in [4.78, 5) is 0. The van der Waals surface area contributed by atoms with Gasteiger partial charge in [-0.15, -0.1) is 0 Å². The molecule has 2 nitrogen and oxygen atoms in total. The Morgan fingerprint density at radius 3 is 2.59 bits per heavy atom. The van der Waals surface area contributed by atoms with Crippen LogP contribution in [0.4, 0.5) is 4.39 Å². The first-order valence-corrected chi connectivity index (χ1v) is 5.71. The van der Waals surface area contributed by atoms with Gasteiger partial charge in [-0.3, -0.25) is 0 Å². The van der Waals surface area contributed by atoms with Crippen molar-refractivity contribution >= 4 is 0 Å². The largest absolute Gasteiger partial charge is 0.468 e. The molecule has 0 bridgehead atoms. The molecular weight excluding hydrogens is 217 g/mol. The second-order valence-corrected chi connectivity index (χ2v) is 4.18. The van der Waals surface area contributed by atoms with Crippen LogP contribution in [0.15, 0.2) is 47.1 Å². The van der Waals surface area contributed by atoms with Gasteiger partial charge in [0.1, 0.15) is 11.6 Å². The van der Waals surface area contributed by atoms with E-state index in [-0.39, 0.29) is 17.9 Å². The molecule has 1 heterocycles. The van der Waals surface area contributed by atoms with Crippen LogP contribution in [0.5, 0.6) is 0 Å². The minimum atomic E-state index is -0.207. The van der Waals surface area contributed by atoms with Crippen molar-refractivity contribution in [3.8, 4) is 0 Å². The van der Waals surface area contributed by atoms with Crippen LogP contribution < -0.4 is 5.32 Å². The van der Waals surface area contributed by atoms with Crippen molar-refractivity contribution in [2.24, 2.45) is 0 Å². The van der Waals surface area contributed by atoms with Crippen molar-refractivity contribution in [2.45, 2.75) is 25.9 Å². The van der Waals surface area contributed by atoms with Crippen molar-refractivity contribution in [2.75, 3.05) is 0 Å². The van der Waals surface area contributed by atoms with E-state index in [1.165, 1.54) is 6.07 Å². The van der Waals surface area contributed by atoms with Gasteiger partial charge in [-0.2, -0.15) is 0 Å². The summed E-state index contributed by atoms with van der Waals surface area (Å²) in [6.07, 6.45) is 1.65. The van der Waals surface area contributed by atoms with Gasteiger partial charge in [0.2, 0.25) is 0 Å². The van der Waals surface area contributed by atoms with E-state index in [1.54, 1.807) is 18.4 Å². The Morgan fingerprint density at radius 1 is 1.12 bits per heavy atom. The molecule has 0 aliphatic heterocycles. The van der Waals surface area contributed by atoms with E-state index in [2.05, 4.69) is 5.32 Å². The molecule has 90 valence electrons. The van der Waals surface area contributed by atoms with Crippen molar-refractivity contribution in [3.63, 3.8) is 0 Å². The van der Waals surface area contributed by atoms with Crippen LogP contribution in [-0.4, -0.2) is 0 Å². The Hall–Kier alpha value is -1.61. The summed E-state index contributed by atoms with van der Waals surface area (Å²) < 4.78 is 18.4. The molecule has 0 saturated heterocycles. The van der Waals surface area contributed by atoms with Gasteiger partial charge in [0.25, 0.3) is 0 Å². The zero-order chi connectivity index (χ0) is 12.3. The van der Waals surface area contributed by atoms with Gasteiger partial charge < -0.3 is 9.73 Å². The molecule has 0 aliphatic carbocycles. The van der Waals surface area contributed by atoms with Crippen LogP contribution in [0, 0.1) is 5.82 Å². The minimum Gasteiger partial charge on any atom is -0.468 e. The Kier molecular flexibility index (Phi) is 3.59. The molecule has 1 N–H and O–H groups in total. The van der Waals surface area contributed by atoms with Gasteiger partial charge in [-0.05, 0) is 43.7 Å². The fraction of sp³-hybridized carbons (Fsp3) is 0.286. The average molecular weight is 233 g/mol. The van der Waals surface area contributed by atoms with Gasteiger partial charge in [-0.25, -0.2) is 4.39 Å². The van der Waals surface area contributed by atoms with E-state index >= 15 is 0 Å². The highest BCUT2D eigenvalue weighted by atomic mass is 19.1. The Balaban J connectivity index is 2.04. The summed E-state index contributed by atoms with van der Waals surface area (Å²) in [6.45, 7) is 4.03. The lowest BCUT2D eigenvalue weighted by Crippen LogP contribution is -2.22. The maximum atomic E-state index is 13.1. The summed E-state index contributed by atoms with van der Waals surface area (Å²) in [5.74, 6) is 0.676. The quantitative estimate of drug-likeness (QED) is 0.868. The number of hydrogen-bond acceptors (Lipinski definition) is 2. The molecule has 1 aromatic carbocycles. The first-order chi connectivity index (χ1) is 8.16. The van der Waals surface area contributed by atoms with Crippen molar-refractivity contribution < 1.29 is 8.81 Å². The summed E-state index contributed by atoms with van der Waals surface area (Å²) >= 11 is 0. The lowest BCUT2D eigenvalue weighted by Gasteiger charge is -2.18. The molecule has 3 heteroatoms. The Bertz CT molecular complexity index is 467. The molecule has 0 fully saturated rings. The molecular formula is C14H16FNO. The molecule has 0 spiro atoms. The second kappa shape index (κ2) is 5.15. The van der Waals surface area contributed by atoms with E-state index in [1.807, 2.05) is 32.0 Å². The third-order valence-corrected chi connectivity index (χ3v) is 2.82. The molecule has 0 saturated carbocycles. The third-order valence-electron chi connectivity index (χ3n) is 2.82. The maximum Gasteiger partial charge on any atom is 0.123 e. The maximum absolute atomic E-state index is 13.1. The second-order valence-electron chi connectivity index (χ2n) is 4.18. The monoisotopic (exact) mass is 233 g/mol. The fourth-order valence-electron chi connectivity index (χ4n) is 1.87. The SMILES string of the molecule is CC(N[C@H](C)c1ccco1)c1cccc(F)c1. The van der Waals surface area contributed by atoms with Crippen LogP contribution in [0.25, 0.3) is 0 Å². The molecule has 0 amide bonds. The number of furan rings is 1. The van der Waals surface area contributed by atoms with E-state index in [0.717, 1.165) is 11.3 Å². The first-order valence-electron chi connectivity index (χ1n) is 5.71. The molecule has 0 aliphatic rings. The zero-order valence-corrected chi connectivity index (χ0v) is 9.98. The van der Waals surface area contributed by atoms with Crippen LogP contribution >= 0.6 is 0 Å². The topological polar surface area (TPSA) is 25.2 Å². The molecule has 0 radical (unpaired) electrons. The average Bonchev–Trinajstić information content (AvgIpc) is 2.82. The lowest BCUT2D eigenvalue weighted by molar-refractivity contribution is 0.402. The van der Waals surface area contributed by atoms with Crippen molar-refractivity contribution in [1.82, 2.24) is 5.32 Å². The fourth-order valence-corrected chi connectivity index (χ4v) is 1.87. The standard InChI is InChI=1S/C14H16FNO/c1-10(12-5-3-6-13(15)9-12)16-11(2)14-7-4-8-17-14/h3-11,16H,1-2H3/t10?,11-/m1/s1. The van der Waals surface area contributed by atoms with Crippen LogP contribution in [0.2, 0.25) is 0 Å². The molecule has 1 aromatic heterocycles. The zero-order valence-electron chi connectivity index (χ0n) is 9.98. The van der Waals surface area contributed by atoms with Crippen LogP contribution in [0.1, 0.15) is 37.3 Å². The highest BCUT2D eigenvalue weighted by molar-refractivity contribution is 5.20. The van der Waals surface area contributed by atoms with E-state index < -0.39 is 0 Å². The first kappa shape index (κ1) is 11.9. The summed E-state index contributed by atoms with van der Waals surface area (Å²) in [5.41, 5.74) is 0.934. The molecule has 2 atom stereocenters. The molecule has 2 aromatic rings. The minimum absolute atomic E-state index is 0.0748. The van der Waals surface area contributed by atoms with Gasteiger partial charge in [0.05, 0.1) is 12.3 Å². The Morgan fingerprint density at radius 2 is 1.94 bits per heavy atom. The molecule has 2 rings (SSSR count). The Labute approximate surface area is 100 Å². The molecule has 17 heavy (non-hydrogen) atoms. The van der Waals surface area contributed by atoms with Gasteiger partial charge >= 0.3 is 0 Å². The van der Waals surface area contributed by atoms with Crippen molar-refractivity contribution in [1.29, 1.82) is 0 Å². The number of hydrogen-bond donors (Lipinski definition) is 1. The van der Waals surface area contributed by atoms with Crippen LogP contribution in [-0.2, 0) is 0 Å². The number of halogens is 1. The predicted octanol–water partition coefficient (Wildman–Crippen LogP) is 3.83. The van der Waals surface area contributed by atoms with E-state index in [4.69, 9.17) is 4.42 Å². The normalized spacial score (nSPS) is 14.5. The number of nitrogens with one attached hydrogen (secondary N) is 1. The third kappa shape index (κ3) is 2.94. The van der Waals surface area contributed by atoms with Crippen molar-refractivity contribution in [3.05, 3.63) is 59.8 Å². The number of benzene rings is 1. The van der Waals surface area contributed by atoms with Crippen LogP contribution in [0.3, 0.4) is 0 Å². The molecule has 1 unspecified atom stereocenters. The lowest BCUT2D eigenvalue weighted by atomic mass is 10.1. The van der Waals surface area contributed by atoms with Gasteiger partial charge in [0, 0.05) is 6.04 Å². The number of rotatable bonds is 4. The predicted molar refractivity (Wildman–Crippen MR) is 65.1 cm³/mol. The highest BCUT2D eigenvalue weighted by Crippen LogP contribution is 2.19. The van der Waals surface area contributed by atoms with E-state index in [0.29, 0.717) is 0 Å². The smallest absolute Gasteiger partial charge is 0.123 e. The summed E-state index contributed by atoms with van der Waals surface area (Å²) in [6, 6.07) is 10.6. The van der Waals surface area contributed by atoms with Gasteiger partial charge in [0.15, 0.2) is 0 Å². The van der Waals surface area contributed by atoms with E-state index in [9.17, 15) is 4.39 Å². The highest BCUT2D eigenvalue weighted by Gasteiger charge is 2.13. The van der Waals surface area contributed by atoms with Gasteiger partial charge in [-0.1, -0.05) is 12.1 Å². The summed E-state index contributed by atoms with van der Waals surface area (Å²) in [5, 5.41) is 3.37. The summed E-state index contributed by atoms with van der Waals surface area (Å²) in [7, 11) is 0.